The van der Waals surface area contributed by atoms with Crippen LogP contribution >= 0.6 is 11.8 Å². The zero-order valence-electron chi connectivity index (χ0n) is 13.9. The van der Waals surface area contributed by atoms with Crippen molar-refractivity contribution in [3.8, 4) is 0 Å². The van der Waals surface area contributed by atoms with E-state index in [-0.39, 0.29) is 5.41 Å². The maximum atomic E-state index is 10.2. The van der Waals surface area contributed by atoms with E-state index in [0.717, 1.165) is 24.0 Å². The second-order valence-electron chi connectivity index (χ2n) is 6.53. The third-order valence-corrected chi connectivity index (χ3v) is 3.77. The Hall–Kier alpha value is -1.01. The molecule has 6 heteroatoms. The summed E-state index contributed by atoms with van der Waals surface area (Å²) in [6.07, 6.45) is 1.99. The number of aliphatic hydroxyl groups is 1. The van der Waals surface area contributed by atoms with E-state index in [0.29, 0.717) is 12.3 Å². The highest BCUT2D eigenvalue weighted by molar-refractivity contribution is 7.98. The molecule has 1 unspecified atom stereocenters. The minimum absolute atomic E-state index is 0.121. The molecule has 0 aliphatic carbocycles. The highest BCUT2D eigenvalue weighted by Gasteiger charge is 2.22. The molecule has 0 saturated heterocycles. The molecular weight excluding hydrogens is 284 g/mol. The van der Waals surface area contributed by atoms with Crippen molar-refractivity contribution < 1.29 is 5.11 Å². The lowest BCUT2D eigenvalue weighted by molar-refractivity contribution is 0.0996. The van der Waals surface area contributed by atoms with Crippen molar-refractivity contribution in [2.45, 2.75) is 45.6 Å². The fourth-order valence-corrected chi connectivity index (χ4v) is 2.51. The quantitative estimate of drug-likeness (QED) is 0.719. The first-order valence-corrected chi connectivity index (χ1v) is 8.66. The van der Waals surface area contributed by atoms with Crippen LogP contribution in [-0.4, -0.2) is 45.8 Å². The van der Waals surface area contributed by atoms with Gasteiger partial charge in [-0.2, -0.15) is 11.8 Å². The van der Waals surface area contributed by atoms with Crippen LogP contribution in [0.1, 0.15) is 40.4 Å². The molecule has 0 amide bonds. The monoisotopic (exact) mass is 312 g/mol. The molecule has 0 bridgehead atoms. The van der Waals surface area contributed by atoms with Gasteiger partial charge in [-0.05, 0) is 20.1 Å². The van der Waals surface area contributed by atoms with Gasteiger partial charge in [0.05, 0.1) is 5.60 Å². The Kier molecular flexibility index (Phi) is 6.28. The highest BCUT2D eigenvalue weighted by atomic mass is 32.2. The summed E-state index contributed by atoms with van der Waals surface area (Å²) in [6.45, 7) is 11.4. The fraction of sp³-hybridized carbons (Fsp3) is 0.733. The number of thioether (sulfide) groups is 1. The van der Waals surface area contributed by atoms with Crippen LogP contribution in [0.25, 0.3) is 0 Å². The van der Waals surface area contributed by atoms with Crippen molar-refractivity contribution in [3.05, 3.63) is 11.9 Å². The van der Waals surface area contributed by atoms with E-state index in [9.17, 15) is 5.11 Å². The van der Waals surface area contributed by atoms with Crippen molar-refractivity contribution in [1.29, 1.82) is 0 Å². The minimum atomic E-state index is -0.759. The van der Waals surface area contributed by atoms with Gasteiger partial charge in [-0.25, -0.2) is 9.97 Å². The van der Waals surface area contributed by atoms with Crippen LogP contribution in [0.4, 0.5) is 11.6 Å². The van der Waals surface area contributed by atoms with Gasteiger partial charge < -0.3 is 15.7 Å². The van der Waals surface area contributed by atoms with Crippen molar-refractivity contribution >= 4 is 23.4 Å². The van der Waals surface area contributed by atoms with Crippen LogP contribution in [-0.2, 0) is 5.41 Å². The molecule has 0 spiro atoms. The number of nitrogens with one attached hydrogen (secondary N) is 2. The largest absolute Gasteiger partial charge is 0.387 e. The zero-order chi connectivity index (χ0) is 16.1. The van der Waals surface area contributed by atoms with E-state index in [1.165, 1.54) is 0 Å². The molecular formula is C15H28N4OS. The van der Waals surface area contributed by atoms with Gasteiger partial charge in [0.2, 0.25) is 0 Å². The van der Waals surface area contributed by atoms with Gasteiger partial charge in [-0.15, -0.1) is 0 Å². The van der Waals surface area contributed by atoms with Gasteiger partial charge >= 0.3 is 0 Å². The first-order valence-electron chi connectivity index (χ1n) is 7.26. The summed E-state index contributed by atoms with van der Waals surface area (Å²) < 4.78 is 0. The minimum Gasteiger partial charge on any atom is -0.387 e. The molecule has 120 valence electrons. The molecule has 0 saturated carbocycles. The zero-order valence-corrected chi connectivity index (χ0v) is 14.8. The van der Waals surface area contributed by atoms with Crippen LogP contribution in [0, 0.1) is 0 Å². The van der Waals surface area contributed by atoms with Gasteiger partial charge in [0.15, 0.2) is 0 Å². The Morgan fingerprint density at radius 2 is 1.71 bits per heavy atom. The maximum absolute atomic E-state index is 10.2. The van der Waals surface area contributed by atoms with E-state index in [4.69, 9.17) is 0 Å². The molecule has 0 aliphatic heterocycles. The lowest BCUT2D eigenvalue weighted by Crippen LogP contribution is -2.36. The molecule has 3 N–H and O–H groups in total. The average molecular weight is 312 g/mol. The molecule has 0 aromatic carbocycles. The standard InChI is InChI=1S/C15H28N4OS/c1-7-16-11-8-12(17-9-15(5,20)10-21-6)19-13(18-11)14(2,3)4/h8,20H,7,9-10H2,1-6H3,(H2,16,17,18,19). The summed E-state index contributed by atoms with van der Waals surface area (Å²) in [4.78, 5) is 9.12. The molecule has 1 heterocycles. The Morgan fingerprint density at radius 3 is 2.19 bits per heavy atom. The van der Waals surface area contributed by atoms with Gasteiger partial charge in [0.1, 0.15) is 17.5 Å². The lowest BCUT2D eigenvalue weighted by Gasteiger charge is -2.24. The van der Waals surface area contributed by atoms with E-state index < -0.39 is 5.60 Å². The van der Waals surface area contributed by atoms with E-state index in [2.05, 4.69) is 41.4 Å². The van der Waals surface area contributed by atoms with Crippen LogP contribution in [0.2, 0.25) is 0 Å². The number of nitrogens with zero attached hydrogens (tertiary/aromatic N) is 2. The Balaban J connectivity index is 2.93. The molecule has 21 heavy (non-hydrogen) atoms. The first-order chi connectivity index (χ1) is 9.68. The molecule has 1 atom stereocenters. The van der Waals surface area contributed by atoms with E-state index in [1.54, 1.807) is 11.8 Å². The van der Waals surface area contributed by atoms with Crippen LogP contribution in [0.15, 0.2) is 6.07 Å². The average Bonchev–Trinajstić information content (AvgIpc) is 2.36. The Labute approximate surface area is 132 Å². The van der Waals surface area contributed by atoms with Crippen LogP contribution in [0.5, 0.6) is 0 Å². The summed E-state index contributed by atoms with van der Waals surface area (Å²) in [5.41, 5.74) is -0.881. The van der Waals surface area contributed by atoms with Crippen molar-refractivity contribution in [2.24, 2.45) is 0 Å². The predicted molar refractivity (Wildman–Crippen MR) is 92.4 cm³/mol. The molecule has 0 aliphatic rings. The van der Waals surface area contributed by atoms with Gasteiger partial charge in [-0.3, -0.25) is 0 Å². The summed E-state index contributed by atoms with van der Waals surface area (Å²) in [5.74, 6) is 3.02. The van der Waals surface area contributed by atoms with Crippen LogP contribution < -0.4 is 10.6 Å². The number of hydrogen-bond acceptors (Lipinski definition) is 6. The molecule has 0 radical (unpaired) electrons. The van der Waals surface area contributed by atoms with E-state index >= 15 is 0 Å². The third-order valence-electron chi connectivity index (χ3n) is 2.86. The molecule has 1 rings (SSSR count). The highest BCUT2D eigenvalue weighted by Crippen LogP contribution is 2.22. The summed E-state index contributed by atoms with van der Waals surface area (Å²) in [5, 5.41) is 16.7. The summed E-state index contributed by atoms with van der Waals surface area (Å²) in [6, 6.07) is 1.88. The van der Waals surface area contributed by atoms with Crippen molar-refractivity contribution in [2.75, 3.05) is 35.7 Å². The number of hydrogen-bond donors (Lipinski definition) is 3. The first kappa shape index (κ1) is 18.0. The SMILES string of the molecule is CCNc1cc(NCC(C)(O)CSC)nc(C(C)(C)C)n1. The number of anilines is 2. The second-order valence-corrected chi connectivity index (χ2v) is 7.39. The summed E-state index contributed by atoms with van der Waals surface area (Å²) >= 11 is 1.63. The van der Waals surface area contributed by atoms with Gasteiger partial charge in [0, 0.05) is 30.3 Å². The molecule has 1 aromatic rings. The second kappa shape index (κ2) is 7.31. The van der Waals surface area contributed by atoms with Gasteiger partial charge in [0.25, 0.3) is 0 Å². The smallest absolute Gasteiger partial charge is 0.138 e. The lowest BCUT2D eigenvalue weighted by atomic mass is 9.96. The Morgan fingerprint density at radius 1 is 1.14 bits per heavy atom. The van der Waals surface area contributed by atoms with Crippen LogP contribution in [0.3, 0.4) is 0 Å². The Bertz CT molecular complexity index is 457. The van der Waals surface area contributed by atoms with Crippen molar-refractivity contribution in [3.63, 3.8) is 0 Å². The topological polar surface area (TPSA) is 70.1 Å². The molecule has 1 aromatic heterocycles. The van der Waals surface area contributed by atoms with Gasteiger partial charge in [-0.1, -0.05) is 20.8 Å². The maximum Gasteiger partial charge on any atom is 0.138 e. The fourth-order valence-electron chi connectivity index (χ4n) is 1.79. The number of aromatic nitrogens is 2. The van der Waals surface area contributed by atoms with E-state index in [1.807, 2.05) is 26.2 Å². The summed E-state index contributed by atoms with van der Waals surface area (Å²) in [7, 11) is 0. The molecule has 0 fully saturated rings. The predicted octanol–water partition coefficient (Wildman–Crippen LogP) is 2.73. The third kappa shape index (κ3) is 6.09. The molecule has 5 nitrogen and oxygen atoms in total. The normalized spacial score (nSPS) is 14.6. The number of rotatable bonds is 7. The van der Waals surface area contributed by atoms with Crippen molar-refractivity contribution in [1.82, 2.24) is 9.97 Å².